The Bertz CT molecular complexity index is 440. The van der Waals surface area contributed by atoms with Crippen LogP contribution in [-0.2, 0) is 13.6 Å². The van der Waals surface area contributed by atoms with Gasteiger partial charge in [-0.3, -0.25) is 4.99 Å². The van der Waals surface area contributed by atoms with Crippen LogP contribution in [0.3, 0.4) is 0 Å². The molecule has 1 N–H and O–H groups in total. The summed E-state index contributed by atoms with van der Waals surface area (Å²) in [5.41, 5.74) is 1.28. The number of nitrogens with zero attached hydrogens (tertiary/aromatic N) is 4. The molecule has 0 saturated carbocycles. The second kappa shape index (κ2) is 12.6. The fourth-order valence-corrected chi connectivity index (χ4v) is 2.56. The number of halogens is 1. The van der Waals surface area contributed by atoms with Crippen LogP contribution >= 0.6 is 24.0 Å². The van der Waals surface area contributed by atoms with Crippen LogP contribution in [0.4, 0.5) is 0 Å². The van der Waals surface area contributed by atoms with Crippen molar-refractivity contribution in [3.8, 4) is 0 Å². The summed E-state index contributed by atoms with van der Waals surface area (Å²) in [6.45, 7) is 9.76. The normalized spacial score (nSPS) is 11.5. The lowest BCUT2D eigenvalue weighted by molar-refractivity contribution is 0.297. The van der Waals surface area contributed by atoms with Crippen LogP contribution < -0.4 is 5.32 Å². The highest BCUT2D eigenvalue weighted by Gasteiger charge is 2.07. The van der Waals surface area contributed by atoms with E-state index >= 15 is 0 Å². The van der Waals surface area contributed by atoms with Gasteiger partial charge in [-0.05, 0) is 44.6 Å². The van der Waals surface area contributed by atoms with Gasteiger partial charge in [-0.25, -0.2) is 0 Å². The maximum absolute atomic E-state index is 4.38. The monoisotopic (exact) mass is 435 g/mol. The van der Waals surface area contributed by atoms with E-state index < -0.39 is 0 Å². The third kappa shape index (κ3) is 8.06. The van der Waals surface area contributed by atoms with E-state index in [9.17, 15) is 0 Å². The van der Waals surface area contributed by atoms with Crippen LogP contribution in [0.2, 0.25) is 0 Å². The second-order valence-electron chi connectivity index (χ2n) is 5.67. The van der Waals surface area contributed by atoms with Crippen molar-refractivity contribution in [1.82, 2.24) is 19.7 Å². The number of guanidine groups is 1. The van der Waals surface area contributed by atoms with Gasteiger partial charge < -0.3 is 19.7 Å². The summed E-state index contributed by atoms with van der Waals surface area (Å²) in [5.74, 6) is 0.962. The number of rotatable bonds is 9. The Morgan fingerprint density at radius 2 is 1.96 bits per heavy atom. The summed E-state index contributed by atoms with van der Waals surface area (Å²) in [5, 5.41) is 3.46. The molecule has 5 nitrogen and oxygen atoms in total. The Balaban J connectivity index is 0.00000484. The van der Waals surface area contributed by atoms with Gasteiger partial charge in [0.1, 0.15) is 0 Å². The lowest BCUT2D eigenvalue weighted by atomic mass is 10.3. The van der Waals surface area contributed by atoms with Crippen LogP contribution in [0, 0.1) is 0 Å². The Hall–Kier alpha value is -0.760. The van der Waals surface area contributed by atoms with Gasteiger partial charge in [-0.2, -0.15) is 0 Å². The molecule has 0 aliphatic carbocycles. The first-order valence-electron chi connectivity index (χ1n) is 8.36. The molecule has 23 heavy (non-hydrogen) atoms. The van der Waals surface area contributed by atoms with Crippen LogP contribution in [0.5, 0.6) is 0 Å². The van der Waals surface area contributed by atoms with Crippen molar-refractivity contribution in [3.05, 3.63) is 24.0 Å². The first-order valence-corrected chi connectivity index (χ1v) is 8.36. The lowest BCUT2D eigenvalue weighted by Crippen LogP contribution is -2.39. The minimum Gasteiger partial charge on any atom is -0.356 e. The van der Waals surface area contributed by atoms with Gasteiger partial charge in [0.2, 0.25) is 0 Å². The molecule has 0 aromatic carbocycles. The fourth-order valence-electron chi connectivity index (χ4n) is 2.56. The largest absolute Gasteiger partial charge is 0.356 e. The molecule has 0 amide bonds. The molecule has 6 heteroatoms. The number of hydrogen-bond acceptors (Lipinski definition) is 2. The minimum atomic E-state index is 0. The number of unbranched alkanes of at least 4 members (excludes halogenated alkanes) is 1. The number of aliphatic imine (C=N–C) groups is 1. The Kier molecular flexibility index (Phi) is 12.2. The first kappa shape index (κ1) is 22.2. The summed E-state index contributed by atoms with van der Waals surface area (Å²) in [4.78, 5) is 9.01. The van der Waals surface area contributed by atoms with Crippen LogP contribution in [0.15, 0.2) is 23.3 Å². The van der Waals surface area contributed by atoms with Gasteiger partial charge in [-0.15, -0.1) is 24.0 Å². The number of aromatic nitrogens is 1. The van der Waals surface area contributed by atoms with Crippen molar-refractivity contribution in [2.75, 3.05) is 40.3 Å². The molecule has 1 aromatic rings. The zero-order chi connectivity index (χ0) is 16.4. The van der Waals surface area contributed by atoms with E-state index in [4.69, 9.17) is 0 Å². The van der Waals surface area contributed by atoms with Crippen molar-refractivity contribution in [3.63, 3.8) is 0 Å². The molecule has 0 unspecified atom stereocenters. The average Bonchev–Trinajstić information content (AvgIpc) is 2.92. The summed E-state index contributed by atoms with van der Waals surface area (Å²) in [6, 6.07) is 4.22. The molecule has 1 aromatic heterocycles. The smallest absolute Gasteiger partial charge is 0.193 e. The molecule has 0 saturated heterocycles. The first-order chi connectivity index (χ1) is 10.6. The lowest BCUT2D eigenvalue weighted by Gasteiger charge is -2.23. The highest BCUT2D eigenvalue weighted by Crippen LogP contribution is 2.03. The van der Waals surface area contributed by atoms with Gasteiger partial charge in [0.05, 0.1) is 6.54 Å². The molecule has 0 radical (unpaired) electrons. The van der Waals surface area contributed by atoms with Gasteiger partial charge in [0.25, 0.3) is 0 Å². The predicted molar refractivity (Wildman–Crippen MR) is 111 cm³/mol. The van der Waals surface area contributed by atoms with E-state index in [1.54, 1.807) is 0 Å². The zero-order valence-corrected chi connectivity index (χ0v) is 17.7. The molecule has 0 atom stereocenters. The van der Waals surface area contributed by atoms with Crippen molar-refractivity contribution < 1.29 is 0 Å². The Morgan fingerprint density at radius 3 is 2.48 bits per heavy atom. The van der Waals surface area contributed by atoms with E-state index in [0.29, 0.717) is 0 Å². The fraction of sp³-hybridized carbons (Fsp3) is 0.706. The van der Waals surface area contributed by atoms with Crippen molar-refractivity contribution >= 4 is 29.9 Å². The summed E-state index contributed by atoms with van der Waals surface area (Å²) < 4.78 is 2.15. The highest BCUT2D eigenvalue weighted by molar-refractivity contribution is 14.0. The SMILES string of the molecule is CCN(CC)CCCCNC(=NC)N(C)Cc1cccn1C.I. The third-order valence-electron chi connectivity index (χ3n) is 4.10. The molecule has 1 heterocycles. The molecule has 0 aliphatic rings. The maximum atomic E-state index is 4.38. The topological polar surface area (TPSA) is 35.8 Å². The molecule has 0 bridgehead atoms. The third-order valence-corrected chi connectivity index (χ3v) is 4.10. The average molecular weight is 435 g/mol. The van der Waals surface area contributed by atoms with E-state index in [1.807, 2.05) is 7.05 Å². The molecule has 0 spiro atoms. The van der Waals surface area contributed by atoms with Gasteiger partial charge >= 0.3 is 0 Å². The Labute approximate surface area is 159 Å². The van der Waals surface area contributed by atoms with E-state index in [1.165, 1.54) is 25.1 Å². The second-order valence-corrected chi connectivity index (χ2v) is 5.67. The van der Waals surface area contributed by atoms with E-state index in [-0.39, 0.29) is 24.0 Å². The van der Waals surface area contributed by atoms with E-state index in [0.717, 1.165) is 32.1 Å². The van der Waals surface area contributed by atoms with Crippen molar-refractivity contribution in [2.45, 2.75) is 33.2 Å². The number of hydrogen-bond donors (Lipinski definition) is 1. The molecular weight excluding hydrogens is 401 g/mol. The van der Waals surface area contributed by atoms with Crippen LogP contribution in [0.25, 0.3) is 0 Å². The van der Waals surface area contributed by atoms with Crippen LogP contribution in [-0.4, -0.2) is 60.6 Å². The van der Waals surface area contributed by atoms with E-state index in [2.05, 4.69) is 70.9 Å². The molecule has 0 fully saturated rings. The Morgan fingerprint density at radius 1 is 1.26 bits per heavy atom. The summed E-state index contributed by atoms with van der Waals surface area (Å²) in [7, 11) is 6.00. The number of nitrogens with one attached hydrogen (secondary N) is 1. The van der Waals surface area contributed by atoms with Crippen molar-refractivity contribution in [1.29, 1.82) is 0 Å². The van der Waals surface area contributed by atoms with Gasteiger partial charge in [0, 0.05) is 39.6 Å². The summed E-state index contributed by atoms with van der Waals surface area (Å²) >= 11 is 0. The standard InChI is InChI=1S/C17H33N5.HI/c1-6-22(7-2)14-9-8-12-19-17(18-3)21(5)15-16-11-10-13-20(16)4;/h10-11,13H,6-9,12,14-15H2,1-5H3,(H,18,19);1H. The van der Waals surface area contributed by atoms with Gasteiger partial charge in [0.15, 0.2) is 5.96 Å². The molecular formula is C17H34IN5. The number of aryl methyl sites for hydroxylation is 1. The molecule has 1 rings (SSSR count). The summed E-state index contributed by atoms with van der Waals surface area (Å²) in [6.07, 6.45) is 4.48. The quantitative estimate of drug-likeness (QED) is 0.281. The van der Waals surface area contributed by atoms with Crippen LogP contribution in [0.1, 0.15) is 32.4 Å². The van der Waals surface area contributed by atoms with Crippen molar-refractivity contribution in [2.24, 2.45) is 12.0 Å². The maximum Gasteiger partial charge on any atom is 0.193 e. The highest BCUT2D eigenvalue weighted by atomic mass is 127. The van der Waals surface area contributed by atoms with Gasteiger partial charge in [-0.1, -0.05) is 13.8 Å². The predicted octanol–water partition coefficient (Wildman–Crippen LogP) is 2.77. The zero-order valence-electron chi connectivity index (χ0n) is 15.4. The molecule has 0 aliphatic heterocycles. The molecule has 134 valence electrons. The minimum absolute atomic E-state index is 0.